The molecule has 92 valence electrons. The summed E-state index contributed by atoms with van der Waals surface area (Å²) >= 11 is 0. The van der Waals surface area contributed by atoms with Crippen molar-refractivity contribution >= 4 is 12.1 Å². The highest BCUT2D eigenvalue weighted by Crippen LogP contribution is 2.14. The third-order valence-corrected chi connectivity index (χ3v) is 2.50. The number of nitrogens with zero attached hydrogens (tertiary/aromatic N) is 2. The molecule has 1 aromatic heterocycles. The molecule has 0 aliphatic carbocycles. The fourth-order valence-corrected chi connectivity index (χ4v) is 1.49. The van der Waals surface area contributed by atoms with Gasteiger partial charge in [0.05, 0.1) is 17.5 Å². The Morgan fingerprint density at radius 2 is 2.11 bits per heavy atom. The molecule has 0 atom stereocenters. The van der Waals surface area contributed by atoms with Crippen molar-refractivity contribution in [1.82, 2.24) is 9.99 Å². The van der Waals surface area contributed by atoms with E-state index in [0.717, 1.165) is 5.69 Å². The molecule has 5 heteroatoms. The molecule has 5 nitrogen and oxygen atoms in total. The highest BCUT2D eigenvalue weighted by Gasteiger charge is 2.08. The van der Waals surface area contributed by atoms with E-state index in [0.29, 0.717) is 0 Å². The summed E-state index contributed by atoms with van der Waals surface area (Å²) in [7, 11) is 1.88. The van der Waals surface area contributed by atoms with Crippen LogP contribution in [0.15, 0.2) is 47.7 Å². The van der Waals surface area contributed by atoms with Gasteiger partial charge < -0.3 is 9.67 Å². The van der Waals surface area contributed by atoms with E-state index in [1.54, 1.807) is 12.1 Å². The number of aromatic hydroxyl groups is 1. The highest BCUT2D eigenvalue weighted by atomic mass is 16.3. The minimum absolute atomic E-state index is 0.0657. The van der Waals surface area contributed by atoms with Gasteiger partial charge in [0.2, 0.25) is 0 Å². The summed E-state index contributed by atoms with van der Waals surface area (Å²) in [5.74, 6) is -0.511. The zero-order valence-corrected chi connectivity index (χ0v) is 9.87. The highest BCUT2D eigenvalue weighted by molar-refractivity contribution is 5.97. The third-order valence-electron chi connectivity index (χ3n) is 2.50. The number of phenolic OH excluding ortho intramolecular Hbond substituents is 1. The van der Waals surface area contributed by atoms with Gasteiger partial charge in [-0.25, -0.2) is 5.43 Å². The van der Waals surface area contributed by atoms with Crippen LogP contribution in [0, 0.1) is 0 Å². The molecule has 0 fully saturated rings. The van der Waals surface area contributed by atoms with Crippen molar-refractivity contribution in [3.8, 4) is 5.75 Å². The zero-order valence-electron chi connectivity index (χ0n) is 9.87. The van der Waals surface area contributed by atoms with Gasteiger partial charge in [-0.15, -0.1) is 0 Å². The van der Waals surface area contributed by atoms with Gasteiger partial charge in [-0.3, -0.25) is 4.79 Å². The average Bonchev–Trinajstić information content (AvgIpc) is 2.75. The number of nitrogens with one attached hydrogen (secondary N) is 1. The summed E-state index contributed by atoms with van der Waals surface area (Å²) in [6, 6.07) is 10.1. The number of hydrogen-bond donors (Lipinski definition) is 2. The summed E-state index contributed by atoms with van der Waals surface area (Å²) in [5.41, 5.74) is 3.43. The van der Waals surface area contributed by atoms with E-state index in [1.807, 2.05) is 29.9 Å². The number of phenols is 1. The number of aryl methyl sites for hydroxylation is 1. The maximum Gasteiger partial charge on any atom is 0.275 e. The molecule has 0 bridgehead atoms. The Bertz CT molecular complexity index is 587. The molecule has 1 heterocycles. The van der Waals surface area contributed by atoms with Gasteiger partial charge in [-0.1, -0.05) is 12.1 Å². The molecule has 1 aromatic carbocycles. The maximum atomic E-state index is 11.7. The second kappa shape index (κ2) is 5.18. The predicted molar refractivity (Wildman–Crippen MR) is 68.6 cm³/mol. The second-order valence-corrected chi connectivity index (χ2v) is 3.76. The molecule has 2 aromatic rings. The van der Waals surface area contributed by atoms with Crippen molar-refractivity contribution in [3.05, 3.63) is 53.9 Å². The molecule has 0 saturated heterocycles. The van der Waals surface area contributed by atoms with Crippen LogP contribution in [0.1, 0.15) is 16.1 Å². The first kappa shape index (κ1) is 11.9. The standard InChI is InChI=1S/C13H13N3O2/c1-16-8-4-5-10(16)9-14-15-13(18)11-6-2-3-7-12(11)17/h2-9,17H,1H3,(H,15,18)/b14-9-. The minimum Gasteiger partial charge on any atom is -0.507 e. The topological polar surface area (TPSA) is 66.6 Å². The van der Waals surface area contributed by atoms with Crippen LogP contribution in [0.2, 0.25) is 0 Å². The molecule has 0 unspecified atom stereocenters. The number of hydrogen-bond acceptors (Lipinski definition) is 3. The minimum atomic E-state index is -0.446. The van der Waals surface area contributed by atoms with Crippen molar-refractivity contribution < 1.29 is 9.90 Å². The van der Waals surface area contributed by atoms with Crippen molar-refractivity contribution in [2.75, 3.05) is 0 Å². The fraction of sp³-hybridized carbons (Fsp3) is 0.0769. The van der Waals surface area contributed by atoms with E-state index < -0.39 is 5.91 Å². The number of carbonyl (C=O) groups is 1. The largest absolute Gasteiger partial charge is 0.507 e. The van der Waals surface area contributed by atoms with Gasteiger partial charge in [0.25, 0.3) is 5.91 Å². The molecule has 0 aliphatic heterocycles. The maximum absolute atomic E-state index is 11.7. The van der Waals surface area contributed by atoms with Gasteiger partial charge in [0, 0.05) is 13.2 Å². The second-order valence-electron chi connectivity index (χ2n) is 3.76. The van der Waals surface area contributed by atoms with E-state index in [9.17, 15) is 9.90 Å². The van der Waals surface area contributed by atoms with E-state index in [1.165, 1.54) is 18.3 Å². The molecule has 2 rings (SSSR count). The van der Waals surface area contributed by atoms with Crippen LogP contribution in [-0.4, -0.2) is 21.8 Å². The predicted octanol–water partition coefficient (Wildman–Crippen LogP) is 1.49. The molecular formula is C13H13N3O2. The Morgan fingerprint density at radius 1 is 1.33 bits per heavy atom. The van der Waals surface area contributed by atoms with Crippen LogP contribution in [-0.2, 0) is 7.05 Å². The van der Waals surface area contributed by atoms with E-state index in [4.69, 9.17) is 0 Å². The molecular weight excluding hydrogens is 230 g/mol. The van der Waals surface area contributed by atoms with E-state index >= 15 is 0 Å². The lowest BCUT2D eigenvalue weighted by atomic mass is 10.2. The summed E-state index contributed by atoms with van der Waals surface area (Å²) in [4.78, 5) is 11.7. The Labute approximate surface area is 104 Å². The number of para-hydroxylation sites is 1. The Morgan fingerprint density at radius 3 is 2.78 bits per heavy atom. The Hall–Kier alpha value is -2.56. The number of hydrazone groups is 1. The molecule has 1 amide bonds. The van der Waals surface area contributed by atoms with Crippen LogP contribution in [0.25, 0.3) is 0 Å². The first-order chi connectivity index (χ1) is 8.68. The summed E-state index contributed by atoms with van der Waals surface area (Å²) in [5, 5.41) is 13.3. The molecule has 0 aliphatic rings. The zero-order chi connectivity index (χ0) is 13.0. The van der Waals surface area contributed by atoms with Crippen molar-refractivity contribution in [3.63, 3.8) is 0 Å². The van der Waals surface area contributed by atoms with E-state index in [-0.39, 0.29) is 11.3 Å². The van der Waals surface area contributed by atoms with Crippen molar-refractivity contribution in [2.45, 2.75) is 0 Å². The van der Waals surface area contributed by atoms with Gasteiger partial charge in [-0.05, 0) is 24.3 Å². The number of carbonyl (C=O) groups excluding carboxylic acids is 1. The fourth-order valence-electron chi connectivity index (χ4n) is 1.49. The van der Waals surface area contributed by atoms with Gasteiger partial charge >= 0.3 is 0 Å². The van der Waals surface area contributed by atoms with E-state index in [2.05, 4.69) is 10.5 Å². The van der Waals surface area contributed by atoms with Crippen LogP contribution in [0.4, 0.5) is 0 Å². The molecule has 0 radical (unpaired) electrons. The monoisotopic (exact) mass is 243 g/mol. The molecule has 0 spiro atoms. The Balaban J connectivity index is 2.03. The normalized spacial score (nSPS) is 10.7. The lowest BCUT2D eigenvalue weighted by Crippen LogP contribution is -2.17. The van der Waals surface area contributed by atoms with Gasteiger partial charge in [0.15, 0.2) is 0 Å². The first-order valence-electron chi connectivity index (χ1n) is 5.41. The first-order valence-corrected chi connectivity index (χ1v) is 5.41. The summed E-state index contributed by atoms with van der Waals surface area (Å²) < 4.78 is 1.87. The Kier molecular flexibility index (Phi) is 3.43. The average molecular weight is 243 g/mol. The SMILES string of the molecule is Cn1cccc1/C=N\NC(=O)c1ccccc1O. The number of benzene rings is 1. The quantitative estimate of drug-likeness (QED) is 0.633. The van der Waals surface area contributed by atoms with Crippen LogP contribution in [0.3, 0.4) is 0 Å². The van der Waals surface area contributed by atoms with Crippen LogP contribution in [0.5, 0.6) is 5.75 Å². The van der Waals surface area contributed by atoms with Crippen molar-refractivity contribution in [2.24, 2.45) is 12.1 Å². The summed E-state index contributed by atoms with van der Waals surface area (Å²) in [6.45, 7) is 0. The van der Waals surface area contributed by atoms with Gasteiger partial charge in [0.1, 0.15) is 5.75 Å². The van der Waals surface area contributed by atoms with Crippen LogP contribution < -0.4 is 5.43 Å². The number of rotatable bonds is 3. The number of aromatic nitrogens is 1. The van der Waals surface area contributed by atoms with Gasteiger partial charge in [-0.2, -0.15) is 5.10 Å². The smallest absolute Gasteiger partial charge is 0.275 e. The number of amides is 1. The van der Waals surface area contributed by atoms with Crippen LogP contribution >= 0.6 is 0 Å². The molecule has 18 heavy (non-hydrogen) atoms. The molecule has 0 saturated carbocycles. The third kappa shape index (κ3) is 2.57. The molecule has 2 N–H and O–H groups in total. The lowest BCUT2D eigenvalue weighted by molar-refractivity contribution is 0.0952. The lowest BCUT2D eigenvalue weighted by Gasteiger charge is -2.02. The summed E-state index contributed by atoms with van der Waals surface area (Å²) in [6.07, 6.45) is 3.42. The van der Waals surface area contributed by atoms with Crippen molar-refractivity contribution in [1.29, 1.82) is 0 Å².